The van der Waals surface area contributed by atoms with Crippen LogP contribution >= 0.6 is 15.9 Å². The van der Waals surface area contributed by atoms with E-state index >= 15 is 0 Å². The lowest BCUT2D eigenvalue weighted by Crippen LogP contribution is -2.19. The van der Waals surface area contributed by atoms with Crippen molar-refractivity contribution in [2.45, 2.75) is 13.3 Å². The Labute approximate surface area is 135 Å². The summed E-state index contributed by atoms with van der Waals surface area (Å²) in [5.41, 5.74) is 2.26. The molecule has 0 unspecified atom stereocenters. The highest BCUT2D eigenvalue weighted by Crippen LogP contribution is 2.39. The fraction of sp³-hybridized carbons (Fsp3) is 0.500. The van der Waals surface area contributed by atoms with Crippen molar-refractivity contribution in [1.82, 2.24) is 5.32 Å². The van der Waals surface area contributed by atoms with Crippen LogP contribution < -0.4 is 14.8 Å². The predicted molar refractivity (Wildman–Crippen MR) is 90.3 cm³/mol. The van der Waals surface area contributed by atoms with Crippen molar-refractivity contribution >= 4 is 21.5 Å². The van der Waals surface area contributed by atoms with Crippen molar-refractivity contribution in [3.8, 4) is 11.5 Å². The van der Waals surface area contributed by atoms with Gasteiger partial charge in [-0.1, -0.05) is 6.08 Å². The highest BCUT2D eigenvalue weighted by atomic mass is 79.9. The van der Waals surface area contributed by atoms with Crippen molar-refractivity contribution in [3.05, 3.63) is 28.2 Å². The van der Waals surface area contributed by atoms with E-state index in [1.54, 1.807) is 21.3 Å². The third-order valence-corrected chi connectivity index (χ3v) is 3.92. The molecular formula is C16H24BrNO3. The lowest BCUT2D eigenvalue weighted by Gasteiger charge is -2.14. The van der Waals surface area contributed by atoms with Crippen LogP contribution in [0.2, 0.25) is 0 Å². The van der Waals surface area contributed by atoms with E-state index < -0.39 is 0 Å². The highest BCUT2D eigenvalue weighted by molar-refractivity contribution is 9.10. The molecule has 1 aromatic carbocycles. The molecule has 1 aromatic rings. The van der Waals surface area contributed by atoms with Gasteiger partial charge < -0.3 is 19.5 Å². The summed E-state index contributed by atoms with van der Waals surface area (Å²) >= 11 is 3.53. The number of hydrogen-bond acceptors (Lipinski definition) is 4. The first-order chi connectivity index (χ1) is 10.2. The Hall–Kier alpha value is -1.04. The SMILES string of the molecule is COCCNCC/C=C(/C)c1ccc(OC)c(Br)c1OC. The summed E-state index contributed by atoms with van der Waals surface area (Å²) in [7, 11) is 5.02. The molecule has 0 aliphatic heterocycles. The van der Waals surface area contributed by atoms with Crippen LogP contribution in [-0.4, -0.2) is 41.0 Å². The van der Waals surface area contributed by atoms with Crippen molar-refractivity contribution < 1.29 is 14.2 Å². The van der Waals surface area contributed by atoms with Crippen LogP contribution in [0.15, 0.2) is 22.7 Å². The molecule has 0 fully saturated rings. The first-order valence-corrected chi connectivity index (χ1v) is 7.72. The highest BCUT2D eigenvalue weighted by Gasteiger charge is 2.13. The van der Waals surface area contributed by atoms with Gasteiger partial charge >= 0.3 is 0 Å². The van der Waals surface area contributed by atoms with Crippen LogP contribution in [0.3, 0.4) is 0 Å². The maximum atomic E-state index is 5.50. The predicted octanol–water partition coefficient (Wildman–Crippen LogP) is 3.50. The van der Waals surface area contributed by atoms with E-state index in [4.69, 9.17) is 14.2 Å². The first kappa shape index (κ1) is 18.0. The minimum Gasteiger partial charge on any atom is -0.495 e. The molecule has 0 spiro atoms. The van der Waals surface area contributed by atoms with Gasteiger partial charge in [0.05, 0.1) is 20.8 Å². The summed E-state index contributed by atoms with van der Waals surface area (Å²) in [6, 6.07) is 3.96. The summed E-state index contributed by atoms with van der Waals surface area (Å²) in [5, 5.41) is 3.32. The number of hydrogen-bond donors (Lipinski definition) is 1. The molecule has 0 amide bonds. The van der Waals surface area contributed by atoms with E-state index in [9.17, 15) is 0 Å². The van der Waals surface area contributed by atoms with E-state index in [1.807, 2.05) is 12.1 Å². The molecule has 0 bridgehead atoms. The lowest BCUT2D eigenvalue weighted by molar-refractivity contribution is 0.199. The average molecular weight is 358 g/mol. The van der Waals surface area contributed by atoms with Gasteiger partial charge in [-0.25, -0.2) is 0 Å². The van der Waals surface area contributed by atoms with Gasteiger partial charge in [0.15, 0.2) is 0 Å². The van der Waals surface area contributed by atoms with Crippen LogP contribution in [-0.2, 0) is 4.74 Å². The van der Waals surface area contributed by atoms with Crippen LogP contribution in [0, 0.1) is 0 Å². The normalized spacial score (nSPS) is 11.6. The van der Waals surface area contributed by atoms with Gasteiger partial charge in [0.2, 0.25) is 0 Å². The van der Waals surface area contributed by atoms with Crippen molar-refractivity contribution in [2.24, 2.45) is 0 Å². The van der Waals surface area contributed by atoms with E-state index in [-0.39, 0.29) is 0 Å². The zero-order chi connectivity index (χ0) is 15.7. The summed E-state index contributed by atoms with van der Waals surface area (Å²) in [4.78, 5) is 0. The molecule has 1 N–H and O–H groups in total. The molecule has 0 atom stereocenters. The molecule has 5 heteroatoms. The number of ether oxygens (including phenoxy) is 3. The Morgan fingerprint density at radius 1 is 1.19 bits per heavy atom. The summed E-state index contributed by atoms with van der Waals surface area (Å²) < 4.78 is 16.6. The monoisotopic (exact) mass is 357 g/mol. The van der Waals surface area contributed by atoms with Gasteiger partial charge in [0, 0.05) is 19.2 Å². The number of methoxy groups -OCH3 is 3. The molecule has 118 valence electrons. The smallest absolute Gasteiger partial charge is 0.144 e. The summed E-state index contributed by atoms with van der Waals surface area (Å²) in [6.45, 7) is 4.63. The maximum absolute atomic E-state index is 5.50. The van der Waals surface area contributed by atoms with Gasteiger partial charge in [0.1, 0.15) is 16.0 Å². The van der Waals surface area contributed by atoms with Gasteiger partial charge in [-0.15, -0.1) is 0 Å². The quantitative estimate of drug-likeness (QED) is 0.686. The molecule has 0 aliphatic carbocycles. The fourth-order valence-corrected chi connectivity index (χ4v) is 2.68. The Morgan fingerprint density at radius 3 is 2.57 bits per heavy atom. The lowest BCUT2D eigenvalue weighted by atomic mass is 10.0. The second-order valence-corrected chi connectivity index (χ2v) is 5.37. The molecular weight excluding hydrogens is 334 g/mol. The number of benzene rings is 1. The van der Waals surface area contributed by atoms with Gasteiger partial charge in [-0.05, 0) is 53.5 Å². The van der Waals surface area contributed by atoms with Crippen molar-refractivity contribution in [1.29, 1.82) is 0 Å². The molecule has 0 saturated heterocycles. The Balaban J connectivity index is 2.73. The molecule has 0 aliphatic rings. The van der Waals surface area contributed by atoms with E-state index in [2.05, 4.69) is 34.2 Å². The molecule has 1 rings (SSSR count). The molecule has 0 heterocycles. The zero-order valence-corrected chi connectivity index (χ0v) is 14.7. The Kier molecular flexibility index (Phi) is 8.42. The molecule has 0 radical (unpaired) electrons. The van der Waals surface area contributed by atoms with Crippen LogP contribution in [0.25, 0.3) is 5.57 Å². The van der Waals surface area contributed by atoms with E-state index in [1.165, 1.54) is 5.57 Å². The number of rotatable bonds is 9. The Bertz CT molecular complexity index is 475. The third-order valence-electron chi connectivity index (χ3n) is 3.17. The molecule has 21 heavy (non-hydrogen) atoms. The second kappa shape index (κ2) is 9.82. The van der Waals surface area contributed by atoms with Crippen molar-refractivity contribution in [3.63, 3.8) is 0 Å². The van der Waals surface area contributed by atoms with Crippen LogP contribution in [0.1, 0.15) is 18.9 Å². The minimum atomic E-state index is 0.738. The summed E-state index contributed by atoms with van der Waals surface area (Å²) in [6.07, 6.45) is 3.17. The van der Waals surface area contributed by atoms with E-state index in [0.717, 1.165) is 47.7 Å². The van der Waals surface area contributed by atoms with Crippen molar-refractivity contribution in [2.75, 3.05) is 41.0 Å². The summed E-state index contributed by atoms with van der Waals surface area (Å²) in [5.74, 6) is 1.57. The van der Waals surface area contributed by atoms with Gasteiger partial charge in [0.25, 0.3) is 0 Å². The molecule has 0 aromatic heterocycles. The average Bonchev–Trinajstić information content (AvgIpc) is 2.50. The van der Waals surface area contributed by atoms with Gasteiger partial charge in [-0.2, -0.15) is 0 Å². The third kappa shape index (κ3) is 5.34. The van der Waals surface area contributed by atoms with Crippen LogP contribution in [0.5, 0.6) is 11.5 Å². The minimum absolute atomic E-state index is 0.738. The zero-order valence-electron chi connectivity index (χ0n) is 13.2. The number of nitrogens with one attached hydrogen (secondary N) is 1. The van der Waals surface area contributed by atoms with E-state index in [0.29, 0.717) is 0 Å². The first-order valence-electron chi connectivity index (χ1n) is 6.93. The number of halogens is 1. The standard InChI is InChI=1S/C16H24BrNO3/c1-12(6-5-9-18-10-11-19-2)13-7-8-14(20-3)15(17)16(13)21-4/h6-8,18H,5,9-11H2,1-4H3/b12-6-. The maximum Gasteiger partial charge on any atom is 0.144 e. The largest absolute Gasteiger partial charge is 0.495 e. The van der Waals surface area contributed by atoms with Crippen LogP contribution in [0.4, 0.5) is 0 Å². The Morgan fingerprint density at radius 2 is 1.95 bits per heavy atom. The molecule has 4 nitrogen and oxygen atoms in total. The topological polar surface area (TPSA) is 39.7 Å². The fourth-order valence-electron chi connectivity index (χ4n) is 2.01. The second-order valence-electron chi connectivity index (χ2n) is 4.58. The molecule has 0 saturated carbocycles. The number of allylic oxidation sites excluding steroid dienone is 1. The van der Waals surface area contributed by atoms with Gasteiger partial charge in [-0.3, -0.25) is 0 Å².